The number of piperazine rings is 1. The van der Waals surface area contributed by atoms with Gasteiger partial charge >= 0.3 is 18.0 Å². The summed E-state index contributed by atoms with van der Waals surface area (Å²) in [6.07, 6.45) is -1.05. The normalized spacial score (nSPS) is 17.1. The number of nitrogens with one attached hydrogen (secondary N) is 1. The van der Waals surface area contributed by atoms with Crippen LogP contribution in [0.3, 0.4) is 0 Å². The average Bonchev–Trinajstić information content (AvgIpc) is 2.70. The number of hydrazine groups is 1. The summed E-state index contributed by atoms with van der Waals surface area (Å²) in [5.41, 5.74) is 2.64. The Morgan fingerprint density at radius 3 is 2.39 bits per heavy atom. The lowest BCUT2D eigenvalue weighted by molar-refractivity contribution is -0.163. The van der Waals surface area contributed by atoms with Gasteiger partial charge in [0.1, 0.15) is 24.8 Å². The maximum absolute atomic E-state index is 12.9. The second kappa shape index (κ2) is 10.8. The number of carbonyl (C=O) groups is 4. The molecule has 1 saturated heterocycles. The van der Waals surface area contributed by atoms with Crippen LogP contribution in [0.15, 0.2) is 30.3 Å². The highest BCUT2D eigenvalue weighted by atomic mass is 16.6. The molecule has 1 atom stereocenters. The van der Waals surface area contributed by atoms with Crippen molar-refractivity contribution in [2.24, 2.45) is 0 Å². The van der Waals surface area contributed by atoms with Gasteiger partial charge in [0.15, 0.2) is 0 Å². The number of methoxy groups -OCH3 is 1. The van der Waals surface area contributed by atoms with E-state index in [9.17, 15) is 19.2 Å². The first-order chi connectivity index (χ1) is 14.6. The van der Waals surface area contributed by atoms with E-state index in [1.54, 1.807) is 20.8 Å². The van der Waals surface area contributed by atoms with Crippen molar-refractivity contribution in [3.05, 3.63) is 35.9 Å². The van der Waals surface area contributed by atoms with Gasteiger partial charge in [0.2, 0.25) is 5.91 Å². The number of nitrogens with zero attached hydrogens (tertiary/aromatic N) is 2. The van der Waals surface area contributed by atoms with Gasteiger partial charge in [-0.25, -0.2) is 9.80 Å². The van der Waals surface area contributed by atoms with Crippen molar-refractivity contribution >= 4 is 23.9 Å². The molecule has 0 spiro atoms. The van der Waals surface area contributed by atoms with Gasteiger partial charge in [-0.15, -0.1) is 0 Å². The van der Waals surface area contributed by atoms with Crippen LogP contribution < -0.4 is 5.43 Å². The first-order valence-corrected chi connectivity index (χ1v) is 9.90. The predicted molar refractivity (Wildman–Crippen MR) is 109 cm³/mol. The van der Waals surface area contributed by atoms with E-state index in [0.29, 0.717) is 0 Å². The number of ether oxygens (including phenoxy) is 3. The second-order valence-electron chi connectivity index (χ2n) is 8.01. The molecule has 31 heavy (non-hydrogen) atoms. The van der Waals surface area contributed by atoms with Crippen LogP contribution >= 0.6 is 0 Å². The Bertz CT molecular complexity index is 792. The Kier molecular flexibility index (Phi) is 8.38. The highest BCUT2D eigenvalue weighted by Crippen LogP contribution is 2.15. The molecular formula is C21H29N3O7. The van der Waals surface area contributed by atoms with Gasteiger partial charge in [0, 0.05) is 13.1 Å². The number of carbonyl (C=O) groups excluding carboxylic acids is 4. The first-order valence-electron chi connectivity index (χ1n) is 9.90. The standard InChI is InChI=1S/C21H29N3O7/c1-21(2,3)31-18(26)13-23-10-11-24(16(19(23)27)12-17(25)29-4)22-20(28)30-14-15-8-6-5-7-9-15/h5-9,16H,10-14H2,1-4H3,(H,22,28)/t16-/m0/s1. The van der Waals surface area contributed by atoms with Crippen molar-refractivity contribution in [1.82, 2.24) is 15.3 Å². The quantitative estimate of drug-likeness (QED) is 0.503. The summed E-state index contributed by atoms with van der Waals surface area (Å²) in [7, 11) is 1.21. The Morgan fingerprint density at radius 1 is 1.10 bits per heavy atom. The zero-order valence-corrected chi connectivity index (χ0v) is 18.3. The molecule has 1 fully saturated rings. The predicted octanol–water partition coefficient (Wildman–Crippen LogP) is 1.25. The van der Waals surface area contributed by atoms with E-state index < -0.39 is 35.6 Å². The van der Waals surface area contributed by atoms with E-state index in [1.165, 1.54) is 17.0 Å². The van der Waals surface area contributed by atoms with Crippen LogP contribution in [0.5, 0.6) is 0 Å². The fraction of sp³-hybridized carbons (Fsp3) is 0.524. The maximum Gasteiger partial charge on any atom is 0.422 e. The lowest BCUT2D eigenvalue weighted by atomic mass is 10.1. The molecule has 1 aromatic rings. The molecule has 0 bridgehead atoms. The summed E-state index contributed by atoms with van der Waals surface area (Å²) in [5, 5.41) is 1.33. The Hall–Kier alpha value is -3.14. The van der Waals surface area contributed by atoms with Crippen molar-refractivity contribution in [2.45, 2.75) is 45.4 Å². The molecule has 2 amide bonds. The zero-order chi connectivity index (χ0) is 23.0. The number of amides is 2. The third-order valence-corrected chi connectivity index (χ3v) is 4.36. The lowest BCUT2D eigenvalue weighted by Gasteiger charge is -2.39. The lowest BCUT2D eigenvalue weighted by Crippen LogP contribution is -2.63. The molecule has 0 unspecified atom stereocenters. The van der Waals surface area contributed by atoms with Gasteiger partial charge in [0.05, 0.1) is 13.5 Å². The van der Waals surface area contributed by atoms with Crippen molar-refractivity contribution < 1.29 is 33.4 Å². The molecule has 0 radical (unpaired) electrons. The van der Waals surface area contributed by atoms with E-state index in [0.717, 1.165) is 5.56 Å². The molecule has 2 rings (SSSR count). The summed E-state index contributed by atoms with van der Waals surface area (Å²) in [6.45, 7) is 5.35. The molecule has 0 saturated carbocycles. The highest BCUT2D eigenvalue weighted by Gasteiger charge is 2.39. The van der Waals surface area contributed by atoms with Gasteiger partial charge in [-0.05, 0) is 26.3 Å². The van der Waals surface area contributed by atoms with Crippen LogP contribution in [0.2, 0.25) is 0 Å². The molecule has 1 aromatic carbocycles. The number of rotatable bonds is 7. The molecule has 170 valence electrons. The van der Waals surface area contributed by atoms with E-state index >= 15 is 0 Å². The molecule has 10 nitrogen and oxygen atoms in total. The summed E-state index contributed by atoms with van der Waals surface area (Å²) >= 11 is 0. The number of esters is 2. The molecule has 0 aromatic heterocycles. The monoisotopic (exact) mass is 435 g/mol. The van der Waals surface area contributed by atoms with E-state index in [4.69, 9.17) is 9.47 Å². The number of hydrogen-bond donors (Lipinski definition) is 1. The van der Waals surface area contributed by atoms with Crippen LogP contribution in [0, 0.1) is 0 Å². The van der Waals surface area contributed by atoms with Crippen LogP contribution in [0.1, 0.15) is 32.8 Å². The minimum atomic E-state index is -1.03. The van der Waals surface area contributed by atoms with Crippen LogP contribution in [0.4, 0.5) is 4.79 Å². The van der Waals surface area contributed by atoms with Crippen molar-refractivity contribution in [2.75, 3.05) is 26.7 Å². The first kappa shape index (κ1) is 24.1. The third kappa shape index (κ3) is 7.89. The molecule has 0 aliphatic carbocycles. The molecule has 1 aliphatic heterocycles. The van der Waals surface area contributed by atoms with Crippen LogP contribution in [0.25, 0.3) is 0 Å². The Balaban J connectivity index is 2.00. The zero-order valence-electron chi connectivity index (χ0n) is 18.3. The molecule has 1 aliphatic rings. The molecule has 10 heteroatoms. The summed E-state index contributed by atoms with van der Waals surface area (Å²) in [4.78, 5) is 50.4. The summed E-state index contributed by atoms with van der Waals surface area (Å²) in [6, 6.07) is 8.09. The van der Waals surface area contributed by atoms with E-state index in [2.05, 4.69) is 10.2 Å². The smallest absolute Gasteiger partial charge is 0.422 e. The van der Waals surface area contributed by atoms with Crippen molar-refractivity contribution in [1.29, 1.82) is 0 Å². The van der Waals surface area contributed by atoms with Crippen molar-refractivity contribution in [3.63, 3.8) is 0 Å². The Morgan fingerprint density at radius 2 is 1.77 bits per heavy atom. The molecule has 1 N–H and O–H groups in total. The number of benzene rings is 1. The largest absolute Gasteiger partial charge is 0.469 e. The SMILES string of the molecule is COC(=O)C[C@H]1C(=O)N(CC(=O)OC(C)(C)C)CCN1NC(=O)OCc1ccccc1. The maximum atomic E-state index is 12.9. The van der Waals surface area contributed by atoms with Gasteiger partial charge < -0.3 is 19.1 Å². The summed E-state index contributed by atoms with van der Waals surface area (Å²) < 4.78 is 15.1. The molecule has 1 heterocycles. The van der Waals surface area contributed by atoms with Gasteiger partial charge in [-0.3, -0.25) is 19.8 Å². The van der Waals surface area contributed by atoms with Crippen LogP contribution in [-0.2, 0) is 35.2 Å². The van der Waals surface area contributed by atoms with Crippen LogP contribution in [-0.4, -0.2) is 72.2 Å². The van der Waals surface area contributed by atoms with E-state index in [1.807, 2.05) is 30.3 Å². The highest BCUT2D eigenvalue weighted by molar-refractivity contribution is 5.90. The number of hydrogen-bond acceptors (Lipinski definition) is 8. The van der Waals surface area contributed by atoms with E-state index in [-0.39, 0.29) is 32.7 Å². The van der Waals surface area contributed by atoms with Crippen molar-refractivity contribution in [3.8, 4) is 0 Å². The average molecular weight is 435 g/mol. The Labute approximate surface area is 181 Å². The third-order valence-electron chi connectivity index (χ3n) is 4.36. The minimum absolute atomic E-state index is 0.0564. The fourth-order valence-electron chi connectivity index (χ4n) is 2.97. The second-order valence-corrected chi connectivity index (χ2v) is 8.01. The van der Waals surface area contributed by atoms with Gasteiger partial charge in [0.25, 0.3) is 0 Å². The molecular weight excluding hydrogens is 406 g/mol. The fourth-order valence-corrected chi connectivity index (χ4v) is 2.97. The van der Waals surface area contributed by atoms with Gasteiger partial charge in [-0.2, -0.15) is 0 Å². The summed E-state index contributed by atoms with van der Waals surface area (Å²) in [5.74, 6) is -1.67. The van der Waals surface area contributed by atoms with Gasteiger partial charge in [-0.1, -0.05) is 30.3 Å². The topological polar surface area (TPSA) is 114 Å². The minimum Gasteiger partial charge on any atom is -0.469 e.